The summed E-state index contributed by atoms with van der Waals surface area (Å²) in [5.74, 6) is 1.56. The zero-order valence-electron chi connectivity index (χ0n) is 18.9. The summed E-state index contributed by atoms with van der Waals surface area (Å²) in [6.07, 6.45) is 2.71. The van der Waals surface area contributed by atoms with Crippen LogP contribution in [-0.4, -0.2) is 93.3 Å². The van der Waals surface area contributed by atoms with Gasteiger partial charge in [0.15, 0.2) is 0 Å². The van der Waals surface area contributed by atoms with Gasteiger partial charge in [0, 0.05) is 32.1 Å². The molecule has 4 N–H and O–H groups in total. The number of rotatable bonds is 4. The van der Waals surface area contributed by atoms with Gasteiger partial charge < -0.3 is 25.3 Å². The Morgan fingerprint density at radius 2 is 1.53 bits per heavy atom. The lowest BCUT2D eigenvalue weighted by atomic mass is 9.69. The van der Waals surface area contributed by atoms with Crippen LogP contribution in [0.15, 0.2) is 0 Å². The summed E-state index contributed by atoms with van der Waals surface area (Å²) in [5.41, 5.74) is 0.324. The number of hydrogen-bond acceptors (Lipinski definition) is 6. The van der Waals surface area contributed by atoms with Crippen LogP contribution in [0.5, 0.6) is 0 Å². The fraction of sp³-hybridized carbons (Fsp3) is 0.957. The third kappa shape index (κ3) is 5.36. The molecule has 0 aromatic heterocycles. The van der Waals surface area contributed by atoms with E-state index in [2.05, 4.69) is 20.8 Å². The summed E-state index contributed by atoms with van der Waals surface area (Å²) < 4.78 is 0. The fourth-order valence-corrected chi connectivity index (χ4v) is 5.72. The van der Waals surface area contributed by atoms with Crippen LogP contribution in [0.3, 0.4) is 0 Å². The highest BCUT2D eigenvalue weighted by Gasteiger charge is 2.42. The maximum atomic E-state index is 13.0. The molecule has 0 bridgehead atoms. The van der Waals surface area contributed by atoms with E-state index in [0.29, 0.717) is 29.7 Å². The summed E-state index contributed by atoms with van der Waals surface area (Å²) in [6.45, 7) is 9.07. The number of piperidine rings is 2. The molecule has 0 aromatic rings. The van der Waals surface area contributed by atoms with Crippen molar-refractivity contribution in [1.29, 1.82) is 0 Å². The van der Waals surface area contributed by atoms with Gasteiger partial charge in [-0.3, -0.25) is 9.69 Å². The Labute approximate surface area is 181 Å². The summed E-state index contributed by atoms with van der Waals surface area (Å²) in [4.78, 5) is 16.9. The molecule has 3 rings (SSSR count). The molecular formula is C23H42N2O5. The summed E-state index contributed by atoms with van der Waals surface area (Å²) >= 11 is 0. The quantitative estimate of drug-likeness (QED) is 0.531. The van der Waals surface area contributed by atoms with Crippen molar-refractivity contribution in [2.24, 2.45) is 23.2 Å². The van der Waals surface area contributed by atoms with E-state index in [1.165, 1.54) is 0 Å². The molecule has 0 spiro atoms. The second-order valence-corrected chi connectivity index (χ2v) is 10.9. The lowest BCUT2D eigenvalue weighted by Gasteiger charge is -2.45. The second kappa shape index (κ2) is 9.82. The summed E-state index contributed by atoms with van der Waals surface area (Å²) in [7, 11) is 0. The normalized spacial score (nSPS) is 37.4. The Morgan fingerprint density at radius 3 is 2.07 bits per heavy atom. The molecule has 2 saturated heterocycles. The lowest BCUT2D eigenvalue weighted by molar-refractivity contribution is -0.149. The average molecular weight is 427 g/mol. The molecule has 2 aliphatic heterocycles. The number of amides is 1. The van der Waals surface area contributed by atoms with E-state index in [-0.39, 0.29) is 19.1 Å². The third-order valence-electron chi connectivity index (χ3n) is 7.94. The highest BCUT2D eigenvalue weighted by Crippen LogP contribution is 2.40. The van der Waals surface area contributed by atoms with E-state index in [4.69, 9.17) is 0 Å². The Hall–Kier alpha value is -0.730. The van der Waals surface area contributed by atoms with Crippen molar-refractivity contribution in [3.05, 3.63) is 0 Å². The van der Waals surface area contributed by atoms with Gasteiger partial charge in [-0.25, -0.2) is 0 Å². The van der Waals surface area contributed by atoms with Crippen LogP contribution < -0.4 is 0 Å². The molecule has 3 aliphatic rings. The largest absolute Gasteiger partial charge is 0.395 e. The topological polar surface area (TPSA) is 104 Å². The molecule has 0 radical (unpaired) electrons. The molecule has 0 aromatic carbocycles. The van der Waals surface area contributed by atoms with Gasteiger partial charge in [-0.15, -0.1) is 0 Å². The predicted octanol–water partition coefficient (Wildman–Crippen LogP) is 0.837. The summed E-state index contributed by atoms with van der Waals surface area (Å²) in [5, 5.41) is 39.7. The minimum atomic E-state index is -1.22. The van der Waals surface area contributed by atoms with Crippen LogP contribution in [-0.2, 0) is 4.79 Å². The Kier molecular flexibility index (Phi) is 7.83. The van der Waals surface area contributed by atoms with E-state index in [1.807, 2.05) is 9.80 Å². The number of carbonyl (C=O) groups excluding carboxylic acids is 1. The molecule has 30 heavy (non-hydrogen) atoms. The predicted molar refractivity (Wildman–Crippen MR) is 115 cm³/mol. The van der Waals surface area contributed by atoms with E-state index >= 15 is 0 Å². The number of carbonyl (C=O) groups is 1. The molecule has 3 fully saturated rings. The Bertz CT molecular complexity index is 564. The Morgan fingerprint density at radius 1 is 0.933 bits per heavy atom. The minimum absolute atomic E-state index is 0.174. The van der Waals surface area contributed by atoms with Crippen molar-refractivity contribution < 1.29 is 25.2 Å². The first-order valence-electron chi connectivity index (χ1n) is 11.8. The number of nitrogens with zero attached hydrogens (tertiary/aromatic N) is 2. The first kappa shape index (κ1) is 23.9. The van der Waals surface area contributed by atoms with Crippen molar-refractivity contribution >= 4 is 5.91 Å². The lowest BCUT2D eigenvalue weighted by Crippen LogP contribution is -2.63. The first-order valence-corrected chi connectivity index (χ1v) is 11.8. The van der Waals surface area contributed by atoms with E-state index in [0.717, 1.165) is 51.6 Å². The number of β-amino-alcohol motifs (C(OH)–C–C–N with tert-alkyl or cyclic N) is 1. The van der Waals surface area contributed by atoms with Gasteiger partial charge in [0.1, 0.15) is 12.2 Å². The van der Waals surface area contributed by atoms with Crippen molar-refractivity contribution in [2.45, 2.75) is 83.6 Å². The van der Waals surface area contributed by atoms with Crippen LogP contribution >= 0.6 is 0 Å². The van der Waals surface area contributed by atoms with Crippen LogP contribution in [0.2, 0.25) is 0 Å². The zero-order chi connectivity index (χ0) is 22.1. The van der Waals surface area contributed by atoms with E-state index in [1.54, 1.807) is 0 Å². The van der Waals surface area contributed by atoms with Gasteiger partial charge in [0.2, 0.25) is 5.91 Å². The molecule has 0 unspecified atom stereocenters. The number of aliphatic hydroxyl groups excluding tert-OH is 4. The molecule has 7 heteroatoms. The average Bonchev–Trinajstić information content (AvgIpc) is 2.72. The van der Waals surface area contributed by atoms with Gasteiger partial charge in [0.25, 0.3) is 0 Å². The standard InChI is InChI=1S/C23H42N2O5/c1-23(2,3)17-6-4-16(5-7-17)22(30)24-10-8-15(9-11-24)12-25-13-19(27)21(29)20(28)18(25)14-26/h15-21,26-29H,4-14H2,1-3H3/t16-,17-,18-,19+,20-,21-/m1/s1. The first-order chi connectivity index (χ1) is 14.1. The number of likely N-dealkylation sites (tertiary alicyclic amines) is 2. The van der Waals surface area contributed by atoms with Crippen LogP contribution in [0.25, 0.3) is 0 Å². The van der Waals surface area contributed by atoms with Crippen molar-refractivity contribution in [3.8, 4) is 0 Å². The molecule has 1 aliphatic carbocycles. The van der Waals surface area contributed by atoms with Gasteiger partial charge >= 0.3 is 0 Å². The second-order valence-electron chi connectivity index (χ2n) is 10.9. The van der Waals surface area contributed by atoms with Gasteiger partial charge in [-0.1, -0.05) is 20.8 Å². The highest BCUT2D eigenvalue weighted by atomic mass is 16.4. The van der Waals surface area contributed by atoms with Gasteiger partial charge in [-0.05, 0) is 55.8 Å². The summed E-state index contributed by atoms with van der Waals surface area (Å²) in [6, 6.07) is -0.555. The fourth-order valence-electron chi connectivity index (χ4n) is 5.72. The molecular weight excluding hydrogens is 384 g/mol. The third-order valence-corrected chi connectivity index (χ3v) is 7.94. The van der Waals surface area contributed by atoms with E-state index < -0.39 is 24.4 Å². The SMILES string of the molecule is CC(C)(C)[C@H]1CC[C@H](C(=O)N2CCC(CN3C[C@H](O)[C@@H](O)[C@H](O)[C@H]3CO)CC2)CC1. The Balaban J connectivity index is 1.46. The molecule has 1 saturated carbocycles. The maximum Gasteiger partial charge on any atom is 0.225 e. The number of hydrogen-bond donors (Lipinski definition) is 4. The molecule has 1 amide bonds. The van der Waals surface area contributed by atoms with Crippen molar-refractivity contribution in [2.75, 3.05) is 32.8 Å². The zero-order valence-corrected chi connectivity index (χ0v) is 18.9. The van der Waals surface area contributed by atoms with Crippen molar-refractivity contribution in [3.63, 3.8) is 0 Å². The van der Waals surface area contributed by atoms with Gasteiger partial charge in [-0.2, -0.15) is 0 Å². The number of aliphatic hydroxyl groups is 4. The molecule has 2 heterocycles. The van der Waals surface area contributed by atoms with Crippen molar-refractivity contribution in [1.82, 2.24) is 9.80 Å². The minimum Gasteiger partial charge on any atom is -0.395 e. The van der Waals surface area contributed by atoms with Gasteiger partial charge in [0.05, 0.1) is 18.8 Å². The maximum absolute atomic E-state index is 13.0. The highest BCUT2D eigenvalue weighted by molar-refractivity contribution is 5.79. The molecule has 4 atom stereocenters. The van der Waals surface area contributed by atoms with E-state index in [9.17, 15) is 25.2 Å². The molecule has 7 nitrogen and oxygen atoms in total. The smallest absolute Gasteiger partial charge is 0.225 e. The monoisotopic (exact) mass is 426 g/mol. The van der Waals surface area contributed by atoms with Crippen LogP contribution in [0.1, 0.15) is 59.3 Å². The molecule has 174 valence electrons. The van der Waals surface area contributed by atoms with Crippen LogP contribution in [0.4, 0.5) is 0 Å². The van der Waals surface area contributed by atoms with Crippen LogP contribution in [0, 0.1) is 23.2 Å².